The Hall–Kier alpha value is -1.83. The molecule has 3 heterocycles. The van der Waals surface area contributed by atoms with Gasteiger partial charge >= 0.3 is 0 Å². The lowest BCUT2D eigenvalue weighted by molar-refractivity contribution is 0.0778. The van der Waals surface area contributed by atoms with Crippen molar-refractivity contribution in [1.82, 2.24) is 15.0 Å². The lowest BCUT2D eigenvalue weighted by Gasteiger charge is -2.23. The summed E-state index contributed by atoms with van der Waals surface area (Å²) in [7, 11) is 0. The van der Waals surface area contributed by atoms with E-state index in [1.165, 1.54) is 12.1 Å². The summed E-state index contributed by atoms with van der Waals surface area (Å²) >= 11 is 0. The van der Waals surface area contributed by atoms with Gasteiger partial charge < -0.3 is 14.4 Å². The molecular formula is C18H22FN3O3. The Labute approximate surface area is 145 Å². The number of hydrogen-bond acceptors (Lipinski definition) is 6. The molecule has 0 radical (unpaired) electrons. The number of likely N-dealkylation sites (tertiary alicyclic amines) is 1. The van der Waals surface area contributed by atoms with Gasteiger partial charge in [0.05, 0.1) is 12.6 Å². The smallest absolute Gasteiger partial charge is 0.229 e. The van der Waals surface area contributed by atoms with Gasteiger partial charge in [-0.25, -0.2) is 4.39 Å². The van der Waals surface area contributed by atoms with Crippen LogP contribution in [0.1, 0.15) is 48.5 Å². The van der Waals surface area contributed by atoms with E-state index >= 15 is 0 Å². The molecule has 0 aliphatic carbocycles. The van der Waals surface area contributed by atoms with Crippen molar-refractivity contribution in [3.63, 3.8) is 0 Å². The number of nitrogens with zero attached hydrogens (tertiary/aromatic N) is 3. The lowest BCUT2D eigenvalue weighted by Crippen LogP contribution is -2.25. The van der Waals surface area contributed by atoms with Crippen molar-refractivity contribution in [2.75, 3.05) is 19.8 Å². The molecule has 0 spiro atoms. The number of aromatic nitrogens is 2. The van der Waals surface area contributed by atoms with Gasteiger partial charge in [0.2, 0.25) is 5.89 Å². The molecule has 4 rings (SSSR count). The van der Waals surface area contributed by atoms with Crippen LogP contribution in [0.3, 0.4) is 0 Å². The minimum Gasteiger partial charge on any atom is -0.392 e. The van der Waals surface area contributed by atoms with E-state index < -0.39 is 6.10 Å². The quantitative estimate of drug-likeness (QED) is 0.916. The summed E-state index contributed by atoms with van der Waals surface area (Å²) in [5, 5.41) is 14.2. The summed E-state index contributed by atoms with van der Waals surface area (Å²) in [5.74, 6) is 1.27. The predicted molar refractivity (Wildman–Crippen MR) is 87.3 cm³/mol. The van der Waals surface area contributed by atoms with Crippen molar-refractivity contribution < 1.29 is 18.8 Å². The normalized spacial score (nSPS) is 25.5. The average molecular weight is 347 g/mol. The predicted octanol–water partition coefficient (Wildman–Crippen LogP) is 2.41. The third-order valence-corrected chi connectivity index (χ3v) is 5.01. The molecule has 0 amide bonds. The number of benzene rings is 1. The number of ether oxygens (including phenoxy) is 1. The summed E-state index contributed by atoms with van der Waals surface area (Å²) in [6.45, 7) is 2.44. The highest BCUT2D eigenvalue weighted by Gasteiger charge is 2.33. The zero-order chi connectivity index (χ0) is 17.2. The van der Waals surface area contributed by atoms with Gasteiger partial charge in [-0.3, -0.25) is 4.90 Å². The topological polar surface area (TPSA) is 71.6 Å². The van der Waals surface area contributed by atoms with Crippen LogP contribution in [0.5, 0.6) is 0 Å². The van der Waals surface area contributed by atoms with Crippen LogP contribution in [0.15, 0.2) is 28.8 Å². The third kappa shape index (κ3) is 3.73. The van der Waals surface area contributed by atoms with E-state index in [1.54, 1.807) is 6.07 Å². The molecule has 134 valence electrons. The zero-order valence-electron chi connectivity index (χ0n) is 14.0. The molecule has 25 heavy (non-hydrogen) atoms. The Bertz CT molecular complexity index is 717. The van der Waals surface area contributed by atoms with E-state index in [-0.39, 0.29) is 17.8 Å². The number of hydrogen-bond donors (Lipinski definition) is 1. The zero-order valence-corrected chi connectivity index (χ0v) is 14.0. The second kappa shape index (κ2) is 7.19. The van der Waals surface area contributed by atoms with Crippen LogP contribution in [0.25, 0.3) is 0 Å². The summed E-state index contributed by atoms with van der Waals surface area (Å²) in [6.07, 6.45) is 1.94. The van der Waals surface area contributed by atoms with Gasteiger partial charge in [-0.05, 0) is 37.0 Å². The Morgan fingerprint density at radius 1 is 1.28 bits per heavy atom. The highest BCUT2D eigenvalue weighted by atomic mass is 19.1. The SMILES string of the molecule is OC1CC(c2cccc(F)c2)N(Cc2noc(C3CCOCC3)n2)C1. The van der Waals surface area contributed by atoms with Gasteiger partial charge in [-0.1, -0.05) is 17.3 Å². The van der Waals surface area contributed by atoms with Crippen LogP contribution in [-0.4, -0.2) is 46.0 Å². The monoisotopic (exact) mass is 347 g/mol. The van der Waals surface area contributed by atoms with Crippen molar-refractivity contribution >= 4 is 0 Å². The Morgan fingerprint density at radius 2 is 2.12 bits per heavy atom. The van der Waals surface area contributed by atoms with Gasteiger partial charge in [0.1, 0.15) is 5.82 Å². The van der Waals surface area contributed by atoms with Crippen molar-refractivity contribution in [1.29, 1.82) is 0 Å². The first-order chi connectivity index (χ1) is 12.2. The number of rotatable bonds is 4. The summed E-state index contributed by atoms with van der Waals surface area (Å²) < 4.78 is 24.3. The summed E-state index contributed by atoms with van der Waals surface area (Å²) in [5.41, 5.74) is 0.865. The van der Waals surface area contributed by atoms with Crippen molar-refractivity contribution in [2.45, 2.75) is 43.9 Å². The largest absolute Gasteiger partial charge is 0.392 e. The fourth-order valence-electron chi connectivity index (χ4n) is 3.74. The van der Waals surface area contributed by atoms with E-state index in [0.717, 1.165) is 31.6 Å². The van der Waals surface area contributed by atoms with E-state index in [2.05, 4.69) is 15.0 Å². The second-order valence-electron chi connectivity index (χ2n) is 6.83. The van der Waals surface area contributed by atoms with Gasteiger partial charge in [0.15, 0.2) is 5.82 Å². The van der Waals surface area contributed by atoms with Gasteiger partial charge in [-0.2, -0.15) is 4.98 Å². The molecule has 6 nitrogen and oxygen atoms in total. The minimum absolute atomic E-state index is 0.0456. The minimum atomic E-state index is -0.435. The van der Waals surface area contributed by atoms with Crippen molar-refractivity contribution in [3.05, 3.63) is 47.4 Å². The molecule has 1 aromatic carbocycles. The Kier molecular flexibility index (Phi) is 4.78. The molecule has 2 aliphatic heterocycles. The van der Waals surface area contributed by atoms with E-state index in [1.807, 2.05) is 6.07 Å². The van der Waals surface area contributed by atoms with Gasteiger partial charge in [0, 0.05) is 31.7 Å². The maximum atomic E-state index is 13.6. The molecule has 7 heteroatoms. The molecule has 0 bridgehead atoms. The maximum Gasteiger partial charge on any atom is 0.229 e. The third-order valence-electron chi connectivity index (χ3n) is 5.01. The second-order valence-corrected chi connectivity index (χ2v) is 6.83. The number of aliphatic hydroxyl groups excluding tert-OH is 1. The van der Waals surface area contributed by atoms with Crippen LogP contribution in [0.2, 0.25) is 0 Å². The maximum absolute atomic E-state index is 13.6. The molecule has 2 aliphatic rings. The highest BCUT2D eigenvalue weighted by Crippen LogP contribution is 2.33. The molecule has 0 saturated carbocycles. The standard InChI is InChI=1S/C18H22FN3O3/c19-14-3-1-2-13(8-14)16-9-15(23)10-22(16)11-17-20-18(25-21-17)12-4-6-24-7-5-12/h1-3,8,12,15-16,23H,4-7,9-11H2. The van der Waals surface area contributed by atoms with Crippen molar-refractivity contribution in [2.24, 2.45) is 0 Å². The fourth-order valence-corrected chi connectivity index (χ4v) is 3.74. The van der Waals surface area contributed by atoms with Gasteiger partial charge in [0.25, 0.3) is 0 Å². The molecule has 1 aromatic heterocycles. The molecule has 1 N–H and O–H groups in total. The van der Waals surface area contributed by atoms with Crippen LogP contribution in [-0.2, 0) is 11.3 Å². The number of halogens is 1. The highest BCUT2D eigenvalue weighted by molar-refractivity contribution is 5.22. The van der Waals surface area contributed by atoms with E-state index in [0.29, 0.717) is 31.2 Å². The first-order valence-electron chi connectivity index (χ1n) is 8.77. The van der Waals surface area contributed by atoms with Crippen LogP contribution in [0, 0.1) is 5.82 Å². The summed E-state index contributed by atoms with van der Waals surface area (Å²) in [4.78, 5) is 6.62. The molecule has 2 saturated heterocycles. The van der Waals surface area contributed by atoms with Crippen molar-refractivity contribution in [3.8, 4) is 0 Å². The summed E-state index contributed by atoms with van der Waals surface area (Å²) in [6, 6.07) is 6.50. The fraction of sp³-hybridized carbons (Fsp3) is 0.556. The van der Waals surface area contributed by atoms with Gasteiger partial charge in [-0.15, -0.1) is 0 Å². The molecule has 2 atom stereocenters. The number of aliphatic hydroxyl groups is 1. The Morgan fingerprint density at radius 3 is 2.92 bits per heavy atom. The molecule has 2 aromatic rings. The Balaban J connectivity index is 1.48. The van der Waals surface area contributed by atoms with Crippen LogP contribution < -0.4 is 0 Å². The van der Waals surface area contributed by atoms with E-state index in [4.69, 9.17) is 9.26 Å². The van der Waals surface area contributed by atoms with Crippen LogP contribution in [0.4, 0.5) is 4.39 Å². The number of β-amino-alcohol motifs (C(OH)–C–C–N with tert-alkyl or cyclic N) is 1. The van der Waals surface area contributed by atoms with E-state index in [9.17, 15) is 9.50 Å². The first kappa shape index (κ1) is 16.6. The molecule has 2 unspecified atom stereocenters. The van der Waals surface area contributed by atoms with Crippen LogP contribution >= 0.6 is 0 Å². The molecule has 2 fully saturated rings. The average Bonchev–Trinajstić information content (AvgIpc) is 3.23. The lowest BCUT2D eigenvalue weighted by atomic mass is 10.0. The first-order valence-corrected chi connectivity index (χ1v) is 8.77. The molecular weight excluding hydrogens is 325 g/mol.